The van der Waals surface area contributed by atoms with Crippen molar-refractivity contribution in [3.63, 3.8) is 0 Å². The molecule has 1 saturated carbocycles. The molecule has 0 heterocycles. The van der Waals surface area contributed by atoms with Crippen LogP contribution in [-0.2, 0) is 4.74 Å². The lowest BCUT2D eigenvalue weighted by Crippen LogP contribution is -2.32. The van der Waals surface area contributed by atoms with Gasteiger partial charge in [-0.05, 0) is 38.0 Å². The molecule has 4 nitrogen and oxygen atoms in total. The molecule has 0 bridgehead atoms. The summed E-state index contributed by atoms with van der Waals surface area (Å²) in [5, 5.41) is 3.17. The fraction of sp³-hybridized carbons (Fsp3) is 0.533. The number of nitrogens with two attached hydrogens (primary N) is 1. The van der Waals surface area contributed by atoms with Gasteiger partial charge in [-0.1, -0.05) is 0 Å². The molecule has 0 unspecified atom stereocenters. The van der Waals surface area contributed by atoms with Crippen molar-refractivity contribution in [3.05, 3.63) is 23.8 Å². The van der Waals surface area contributed by atoms with Gasteiger partial charge in [0, 0.05) is 18.9 Å². The average Bonchev–Trinajstić information content (AvgIpc) is 2.43. The molecule has 0 saturated heterocycles. The first-order valence-corrected chi connectivity index (χ1v) is 7.12. The van der Waals surface area contributed by atoms with Gasteiger partial charge in [0.05, 0.1) is 23.5 Å². The highest BCUT2D eigenvalue weighted by Gasteiger charge is 2.34. The van der Waals surface area contributed by atoms with Crippen LogP contribution in [0.5, 0.6) is 0 Å². The average molecular weight is 298 g/mol. The second-order valence-corrected chi connectivity index (χ2v) is 5.30. The van der Waals surface area contributed by atoms with Crippen LogP contribution in [0.25, 0.3) is 0 Å². The minimum atomic E-state index is -2.54. The van der Waals surface area contributed by atoms with Crippen molar-refractivity contribution >= 4 is 17.3 Å². The number of esters is 1. The summed E-state index contributed by atoms with van der Waals surface area (Å²) in [5.74, 6) is -2.97. The summed E-state index contributed by atoms with van der Waals surface area (Å²) in [6.07, 6.45) is 0.606. The van der Waals surface area contributed by atoms with Crippen LogP contribution in [0.3, 0.4) is 0 Å². The second kappa shape index (κ2) is 6.28. The van der Waals surface area contributed by atoms with Gasteiger partial charge in [0.2, 0.25) is 5.92 Å². The van der Waals surface area contributed by atoms with E-state index < -0.39 is 11.9 Å². The zero-order valence-corrected chi connectivity index (χ0v) is 12.0. The standard InChI is InChI=1S/C15H20F2N2O2/c1-2-21-14(20)10-3-4-13(12(18)9-10)19-11-5-7-15(16,17)8-6-11/h3-4,9,11,19H,2,5-8,18H2,1H3. The molecule has 0 aliphatic heterocycles. The summed E-state index contributed by atoms with van der Waals surface area (Å²) >= 11 is 0. The minimum absolute atomic E-state index is 0.0135. The molecule has 21 heavy (non-hydrogen) atoms. The molecule has 3 N–H and O–H groups in total. The molecule has 6 heteroatoms. The molecule has 0 atom stereocenters. The van der Waals surface area contributed by atoms with E-state index in [1.54, 1.807) is 19.1 Å². The van der Waals surface area contributed by atoms with E-state index in [9.17, 15) is 13.6 Å². The minimum Gasteiger partial charge on any atom is -0.462 e. The van der Waals surface area contributed by atoms with Gasteiger partial charge in [-0.25, -0.2) is 13.6 Å². The number of benzene rings is 1. The summed E-state index contributed by atoms with van der Waals surface area (Å²) in [6.45, 7) is 2.03. The summed E-state index contributed by atoms with van der Waals surface area (Å²) in [4.78, 5) is 11.6. The van der Waals surface area contributed by atoms with E-state index in [1.165, 1.54) is 6.07 Å². The van der Waals surface area contributed by atoms with Gasteiger partial charge < -0.3 is 15.8 Å². The van der Waals surface area contributed by atoms with Crippen molar-refractivity contribution in [2.45, 2.75) is 44.6 Å². The molecule has 0 aromatic heterocycles. The Morgan fingerprint density at radius 3 is 2.67 bits per heavy atom. The van der Waals surface area contributed by atoms with Crippen molar-refractivity contribution in [1.29, 1.82) is 0 Å². The maximum absolute atomic E-state index is 13.1. The van der Waals surface area contributed by atoms with E-state index in [-0.39, 0.29) is 18.9 Å². The fourth-order valence-corrected chi connectivity index (χ4v) is 2.44. The maximum Gasteiger partial charge on any atom is 0.338 e. The predicted octanol–water partition coefficient (Wildman–Crippen LogP) is 3.44. The van der Waals surface area contributed by atoms with Crippen molar-refractivity contribution in [2.75, 3.05) is 17.7 Å². The summed E-state index contributed by atoms with van der Waals surface area (Å²) in [7, 11) is 0. The Morgan fingerprint density at radius 2 is 2.10 bits per heavy atom. The molecule has 1 aliphatic carbocycles. The van der Waals surface area contributed by atoms with Crippen LogP contribution in [0.15, 0.2) is 18.2 Å². The van der Waals surface area contributed by atoms with Crippen LogP contribution in [0.4, 0.5) is 20.2 Å². The fourth-order valence-electron chi connectivity index (χ4n) is 2.44. The molecule has 1 aromatic rings. The monoisotopic (exact) mass is 298 g/mol. The van der Waals surface area contributed by atoms with E-state index in [2.05, 4.69) is 5.32 Å². The number of carbonyl (C=O) groups is 1. The predicted molar refractivity (Wildman–Crippen MR) is 77.6 cm³/mol. The third-order valence-corrected chi connectivity index (χ3v) is 3.64. The van der Waals surface area contributed by atoms with E-state index in [4.69, 9.17) is 10.5 Å². The van der Waals surface area contributed by atoms with Crippen LogP contribution in [0.1, 0.15) is 43.0 Å². The molecular weight excluding hydrogens is 278 g/mol. The molecular formula is C15H20F2N2O2. The lowest BCUT2D eigenvalue weighted by Gasteiger charge is -2.29. The number of nitrogens with one attached hydrogen (secondary N) is 1. The van der Waals surface area contributed by atoms with Gasteiger partial charge in [-0.2, -0.15) is 0 Å². The Bertz CT molecular complexity index is 510. The van der Waals surface area contributed by atoms with Crippen molar-refractivity contribution in [1.82, 2.24) is 0 Å². The Kier molecular flexibility index (Phi) is 4.65. The normalized spacial score (nSPS) is 18.2. The SMILES string of the molecule is CCOC(=O)c1ccc(NC2CCC(F)(F)CC2)c(N)c1. The number of halogens is 2. The van der Waals surface area contributed by atoms with E-state index in [0.717, 1.165) is 0 Å². The highest BCUT2D eigenvalue weighted by molar-refractivity contribution is 5.91. The number of carbonyl (C=O) groups excluding carboxylic acids is 1. The summed E-state index contributed by atoms with van der Waals surface area (Å²) < 4.78 is 31.1. The molecule has 0 amide bonds. The van der Waals surface area contributed by atoms with Crippen molar-refractivity contribution < 1.29 is 18.3 Å². The summed E-state index contributed by atoms with van der Waals surface area (Å²) in [5.41, 5.74) is 7.37. The Hall–Kier alpha value is -1.85. The van der Waals surface area contributed by atoms with E-state index in [0.29, 0.717) is 36.4 Å². The Morgan fingerprint density at radius 1 is 1.43 bits per heavy atom. The molecule has 1 aromatic carbocycles. The molecule has 1 aliphatic rings. The van der Waals surface area contributed by atoms with Crippen molar-refractivity contribution in [3.8, 4) is 0 Å². The van der Waals surface area contributed by atoms with Gasteiger partial charge in [0.1, 0.15) is 0 Å². The van der Waals surface area contributed by atoms with Crippen LogP contribution >= 0.6 is 0 Å². The smallest absolute Gasteiger partial charge is 0.338 e. The highest BCUT2D eigenvalue weighted by atomic mass is 19.3. The lowest BCUT2D eigenvalue weighted by atomic mass is 9.92. The van der Waals surface area contributed by atoms with Gasteiger partial charge in [-0.15, -0.1) is 0 Å². The number of hydrogen-bond donors (Lipinski definition) is 2. The highest BCUT2D eigenvalue weighted by Crippen LogP contribution is 2.35. The molecule has 0 spiro atoms. The number of rotatable bonds is 4. The lowest BCUT2D eigenvalue weighted by molar-refractivity contribution is -0.0360. The number of hydrogen-bond acceptors (Lipinski definition) is 4. The molecule has 116 valence electrons. The van der Waals surface area contributed by atoms with Crippen LogP contribution in [-0.4, -0.2) is 24.5 Å². The molecule has 0 radical (unpaired) electrons. The third-order valence-electron chi connectivity index (χ3n) is 3.64. The number of alkyl halides is 2. The van der Waals surface area contributed by atoms with Crippen LogP contribution in [0.2, 0.25) is 0 Å². The third kappa shape index (κ3) is 4.06. The maximum atomic E-state index is 13.1. The van der Waals surface area contributed by atoms with Gasteiger partial charge in [0.25, 0.3) is 0 Å². The Balaban J connectivity index is 2.00. The van der Waals surface area contributed by atoms with Gasteiger partial charge in [0.15, 0.2) is 0 Å². The summed E-state index contributed by atoms with van der Waals surface area (Å²) in [6, 6.07) is 4.83. The van der Waals surface area contributed by atoms with E-state index >= 15 is 0 Å². The van der Waals surface area contributed by atoms with Crippen molar-refractivity contribution in [2.24, 2.45) is 0 Å². The first-order chi connectivity index (χ1) is 9.91. The van der Waals surface area contributed by atoms with Gasteiger partial charge in [-0.3, -0.25) is 0 Å². The first-order valence-electron chi connectivity index (χ1n) is 7.12. The van der Waals surface area contributed by atoms with Crippen LogP contribution in [0, 0.1) is 0 Å². The zero-order chi connectivity index (χ0) is 15.5. The molecule has 1 fully saturated rings. The van der Waals surface area contributed by atoms with E-state index in [1.807, 2.05) is 0 Å². The largest absolute Gasteiger partial charge is 0.462 e. The topological polar surface area (TPSA) is 64.3 Å². The first kappa shape index (κ1) is 15.5. The zero-order valence-electron chi connectivity index (χ0n) is 12.0. The molecule has 2 rings (SSSR count). The van der Waals surface area contributed by atoms with Gasteiger partial charge >= 0.3 is 5.97 Å². The Labute approximate surface area is 122 Å². The number of anilines is 2. The van der Waals surface area contributed by atoms with Crippen LogP contribution < -0.4 is 11.1 Å². The number of nitrogen functional groups attached to an aromatic ring is 1. The quantitative estimate of drug-likeness (QED) is 0.660. The second-order valence-electron chi connectivity index (χ2n) is 5.30. The number of ether oxygens (including phenoxy) is 1.